The molecule has 0 aliphatic carbocycles. The molecule has 0 bridgehead atoms. The lowest BCUT2D eigenvalue weighted by atomic mass is 10.0. The van der Waals surface area contributed by atoms with Crippen molar-refractivity contribution in [3.63, 3.8) is 0 Å². The Morgan fingerprint density at radius 1 is 1.07 bits per heavy atom. The number of piperazine rings is 1. The second-order valence-corrected chi connectivity index (χ2v) is 15.4. The van der Waals surface area contributed by atoms with Gasteiger partial charge in [-0.25, -0.2) is 4.98 Å². The topological polar surface area (TPSA) is 163 Å². The van der Waals surface area contributed by atoms with Crippen molar-refractivity contribution in [1.29, 1.82) is 5.26 Å². The van der Waals surface area contributed by atoms with Crippen LogP contribution in [0.15, 0.2) is 48.7 Å². The zero-order chi connectivity index (χ0) is 41.9. The van der Waals surface area contributed by atoms with E-state index in [0.717, 1.165) is 29.7 Å². The summed E-state index contributed by atoms with van der Waals surface area (Å²) in [4.78, 5) is 60.8. The predicted molar refractivity (Wildman–Crippen MR) is 215 cm³/mol. The number of hydrogen-bond acceptors (Lipinski definition) is 11. The van der Waals surface area contributed by atoms with Gasteiger partial charge in [0.1, 0.15) is 30.0 Å². The van der Waals surface area contributed by atoms with Crippen LogP contribution in [0.1, 0.15) is 50.4 Å². The number of anilines is 4. The van der Waals surface area contributed by atoms with Gasteiger partial charge in [0.15, 0.2) is 10.8 Å². The molecule has 0 spiro atoms. The maximum atomic E-state index is 13.7. The number of hydrogen-bond donors (Lipinski definition) is 3. The number of aromatic nitrogens is 1. The van der Waals surface area contributed by atoms with Crippen LogP contribution in [0.5, 0.6) is 5.75 Å². The summed E-state index contributed by atoms with van der Waals surface area (Å²) in [5.74, 6) is -0.829. The maximum Gasteiger partial charge on any atom is 0.419 e. The molecule has 3 aliphatic rings. The summed E-state index contributed by atoms with van der Waals surface area (Å²) in [7, 11) is 0. The van der Waals surface area contributed by atoms with E-state index in [-0.39, 0.29) is 35.6 Å². The molecule has 0 radical (unpaired) electrons. The number of imide groups is 1. The van der Waals surface area contributed by atoms with Gasteiger partial charge >= 0.3 is 6.18 Å². The first-order valence-electron chi connectivity index (χ1n) is 18.6. The fourth-order valence-corrected chi connectivity index (χ4v) is 7.85. The molecular weight excluding hydrogens is 799 g/mol. The number of thiocarbonyl (C=S) groups is 1. The van der Waals surface area contributed by atoms with E-state index in [0.29, 0.717) is 73.0 Å². The fourth-order valence-electron chi connectivity index (χ4n) is 7.10. The van der Waals surface area contributed by atoms with E-state index in [9.17, 15) is 32.3 Å². The van der Waals surface area contributed by atoms with Gasteiger partial charge in [-0.1, -0.05) is 18.5 Å². The number of ether oxygens (including phenoxy) is 1. The third-order valence-corrected chi connectivity index (χ3v) is 10.7. The Kier molecular flexibility index (Phi) is 12.6. The van der Waals surface area contributed by atoms with Crippen molar-refractivity contribution in [2.24, 2.45) is 0 Å². The Labute approximate surface area is 343 Å². The van der Waals surface area contributed by atoms with Crippen molar-refractivity contribution < 1.29 is 37.1 Å². The number of nitrogens with one attached hydrogen (secondary N) is 3. The highest BCUT2D eigenvalue weighted by molar-refractivity contribution is 7.81. The van der Waals surface area contributed by atoms with Gasteiger partial charge < -0.3 is 20.3 Å². The van der Waals surface area contributed by atoms with E-state index in [4.69, 9.17) is 33.8 Å². The molecule has 1 unspecified atom stereocenters. The van der Waals surface area contributed by atoms with E-state index < -0.39 is 40.8 Å². The van der Waals surface area contributed by atoms with Crippen molar-refractivity contribution in [1.82, 2.24) is 20.1 Å². The van der Waals surface area contributed by atoms with Crippen molar-refractivity contribution in [3.8, 4) is 11.8 Å². The first-order valence-corrected chi connectivity index (χ1v) is 19.3. The molecule has 58 heavy (non-hydrogen) atoms. The average Bonchev–Trinajstić information content (AvgIpc) is 3.34. The Morgan fingerprint density at radius 3 is 2.45 bits per heavy atom. The fraction of sp³-hybridized carbons (Fsp3) is 0.410. The highest BCUT2D eigenvalue weighted by atomic mass is 35.5. The van der Waals surface area contributed by atoms with Crippen LogP contribution in [-0.2, 0) is 31.8 Å². The molecule has 2 aromatic carbocycles. The minimum Gasteiger partial charge on any atom is -0.492 e. The van der Waals surface area contributed by atoms with Crippen molar-refractivity contribution in [3.05, 3.63) is 70.5 Å². The molecule has 3 fully saturated rings. The molecule has 3 saturated heterocycles. The third-order valence-electron chi connectivity index (χ3n) is 10.2. The smallest absolute Gasteiger partial charge is 0.419 e. The molecule has 19 heteroatoms. The number of aryl methyl sites for hydroxylation is 1. The van der Waals surface area contributed by atoms with Crippen molar-refractivity contribution >= 4 is 75.3 Å². The number of amides is 4. The Bertz CT molecular complexity index is 2170. The number of alkyl halides is 3. The van der Waals surface area contributed by atoms with E-state index in [2.05, 4.69) is 30.7 Å². The molecule has 3 N–H and O–H groups in total. The number of carbonyl (C=O) groups is 4. The summed E-state index contributed by atoms with van der Waals surface area (Å²) in [5.41, 5.74) is -1.07. The number of nitrogens with zero attached hydrogens (tertiary/aromatic N) is 6. The lowest BCUT2D eigenvalue weighted by Gasteiger charge is -2.34. The molecule has 0 saturated carbocycles. The molecule has 6 rings (SSSR count). The molecule has 14 nitrogen and oxygen atoms in total. The van der Waals surface area contributed by atoms with Crippen LogP contribution in [0.2, 0.25) is 5.02 Å². The van der Waals surface area contributed by atoms with E-state index in [1.165, 1.54) is 6.07 Å². The van der Waals surface area contributed by atoms with Crippen LogP contribution in [0.3, 0.4) is 0 Å². The van der Waals surface area contributed by atoms with Gasteiger partial charge in [-0.15, -0.1) is 0 Å². The lowest BCUT2D eigenvalue weighted by molar-refractivity contribution is -0.138. The number of pyridine rings is 1. The summed E-state index contributed by atoms with van der Waals surface area (Å²) < 4.78 is 47.4. The molecule has 3 aliphatic heterocycles. The van der Waals surface area contributed by atoms with Gasteiger partial charge in [0.2, 0.25) is 17.7 Å². The number of nitriles is 1. The van der Waals surface area contributed by atoms with Gasteiger partial charge in [-0.05, 0) is 86.9 Å². The van der Waals surface area contributed by atoms with E-state index in [1.807, 2.05) is 13.0 Å². The first-order chi connectivity index (χ1) is 27.5. The molecule has 3 aromatic rings. The van der Waals surface area contributed by atoms with Gasteiger partial charge in [0, 0.05) is 61.2 Å². The lowest BCUT2D eigenvalue weighted by Crippen LogP contribution is -2.49. The summed E-state index contributed by atoms with van der Waals surface area (Å²) in [6, 6.07) is 11.9. The second-order valence-electron chi connectivity index (χ2n) is 14.6. The molecule has 4 heterocycles. The highest BCUT2D eigenvalue weighted by Crippen LogP contribution is 2.40. The van der Waals surface area contributed by atoms with Crippen LogP contribution in [-0.4, -0.2) is 101 Å². The van der Waals surface area contributed by atoms with Crippen LogP contribution in [0, 0.1) is 11.3 Å². The number of carbonyl (C=O) groups excluding carboxylic acids is 4. The zero-order valence-electron chi connectivity index (χ0n) is 31.9. The summed E-state index contributed by atoms with van der Waals surface area (Å²) >= 11 is 12.0. The maximum absolute atomic E-state index is 13.7. The van der Waals surface area contributed by atoms with Gasteiger partial charge in [-0.3, -0.25) is 39.2 Å². The molecule has 4 amide bonds. The SMILES string of the molecule is CCc1cc(N2C(=S)N(c3cnc(C#N)c(C(F)(F)F)c3)C(=O)C2(C)C)ccc1OCCN1CCN(CC(=O)Nc2cc(Cl)cc(NC3CCC(=O)NC3=O)c2)CC1. The molecular formula is C39H41ClF3N9O5S. The van der Waals surface area contributed by atoms with Gasteiger partial charge in [0.05, 0.1) is 24.0 Å². The minimum absolute atomic E-state index is 0.0279. The quantitative estimate of drug-likeness (QED) is 0.166. The summed E-state index contributed by atoms with van der Waals surface area (Å²) in [6.07, 6.45) is -2.66. The third kappa shape index (κ3) is 9.34. The Morgan fingerprint density at radius 2 is 1.78 bits per heavy atom. The van der Waals surface area contributed by atoms with Crippen molar-refractivity contribution in [2.75, 3.05) is 66.3 Å². The Balaban J connectivity index is 1.00. The predicted octanol–water partition coefficient (Wildman–Crippen LogP) is 4.96. The monoisotopic (exact) mass is 839 g/mol. The van der Waals surface area contributed by atoms with Gasteiger partial charge in [0.25, 0.3) is 5.91 Å². The highest BCUT2D eigenvalue weighted by Gasteiger charge is 2.51. The standard InChI is InChI=1S/C39H41ClF3N9O5S/c1-4-23-15-27(52-37(58)51(36(56)38(52,2)3)28-19-29(39(41,42)43)31(20-44)45-21-28)5-7-32(23)57-14-13-49-9-11-50(12-10-49)22-34(54)47-26-17-24(40)16-25(18-26)46-30-6-8-33(53)48-35(30)55/h5,7,15-19,21,30,46H,4,6,8-14,22H2,1-3H3,(H,47,54)(H,48,53,55). The van der Waals surface area contributed by atoms with E-state index >= 15 is 0 Å². The number of halogens is 4. The molecule has 1 aromatic heterocycles. The van der Waals surface area contributed by atoms with E-state index in [1.54, 1.807) is 49.1 Å². The average molecular weight is 840 g/mol. The Hall–Kier alpha value is -5.35. The van der Waals surface area contributed by atoms with Crippen LogP contribution >= 0.6 is 23.8 Å². The molecule has 1 atom stereocenters. The second kappa shape index (κ2) is 17.2. The van der Waals surface area contributed by atoms with Crippen molar-refractivity contribution in [2.45, 2.75) is 57.8 Å². The largest absolute Gasteiger partial charge is 0.492 e. The number of benzene rings is 2. The minimum atomic E-state index is -4.86. The number of piperidine rings is 1. The van der Waals surface area contributed by atoms with Crippen LogP contribution in [0.4, 0.5) is 35.9 Å². The van der Waals surface area contributed by atoms with Gasteiger partial charge in [-0.2, -0.15) is 18.4 Å². The van der Waals surface area contributed by atoms with Crippen LogP contribution < -0.4 is 30.5 Å². The molecule has 306 valence electrons. The summed E-state index contributed by atoms with van der Waals surface area (Å²) in [6.45, 7) is 9.20. The van der Waals surface area contributed by atoms with Crippen LogP contribution in [0.25, 0.3) is 0 Å². The zero-order valence-corrected chi connectivity index (χ0v) is 33.5. The normalized spacial score (nSPS) is 18.9. The summed E-state index contributed by atoms with van der Waals surface area (Å²) in [5, 5.41) is 17.8. The first kappa shape index (κ1) is 42.3. The number of rotatable bonds is 12.